The lowest BCUT2D eigenvalue weighted by molar-refractivity contribution is 0.340. The zero-order valence-electron chi connectivity index (χ0n) is 11.2. The summed E-state index contributed by atoms with van der Waals surface area (Å²) < 4.78 is 5.50. The summed E-state index contributed by atoms with van der Waals surface area (Å²) in [7, 11) is 0. The molecule has 0 bridgehead atoms. The summed E-state index contributed by atoms with van der Waals surface area (Å²) >= 11 is 1.62. The second-order valence-corrected chi connectivity index (χ2v) is 5.19. The summed E-state index contributed by atoms with van der Waals surface area (Å²) in [6.45, 7) is 3.38. The number of thiophene rings is 1. The third-order valence-electron chi connectivity index (χ3n) is 2.93. The van der Waals surface area contributed by atoms with E-state index in [0.717, 1.165) is 27.3 Å². The molecule has 20 heavy (non-hydrogen) atoms. The van der Waals surface area contributed by atoms with E-state index in [1.54, 1.807) is 17.7 Å². The van der Waals surface area contributed by atoms with Crippen LogP contribution in [0, 0.1) is 0 Å². The molecule has 1 N–H and O–H groups in total. The first-order valence-electron chi connectivity index (χ1n) is 6.50. The fraction of sp³-hybridized carbons (Fsp3) is 0.200. The van der Waals surface area contributed by atoms with Crippen molar-refractivity contribution >= 4 is 27.4 Å². The maximum Gasteiger partial charge on any atom is 0.138 e. The highest BCUT2D eigenvalue weighted by Gasteiger charge is 2.04. The van der Waals surface area contributed by atoms with Crippen molar-refractivity contribution in [3.8, 4) is 5.75 Å². The third-order valence-corrected chi connectivity index (χ3v) is 3.75. The molecule has 0 spiro atoms. The van der Waals surface area contributed by atoms with Gasteiger partial charge in [-0.15, -0.1) is 11.3 Å². The minimum Gasteiger partial charge on any atom is -0.494 e. The number of ether oxygens (including phenoxy) is 1. The Balaban J connectivity index is 1.76. The predicted molar refractivity (Wildman–Crippen MR) is 82.4 cm³/mol. The van der Waals surface area contributed by atoms with Crippen LogP contribution >= 0.6 is 11.3 Å². The lowest BCUT2D eigenvalue weighted by atomic mass is 10.2. The van der Waals surface area contributed by atoms with Gasteiger partial charge in [0.15, 0.2) is 0 Å². The predicted octanol–water partition coefficient (Wildman–Crippen LogP) is 3.70. The lowest BCUT2D eigenvalue weighted by Gasteiger charge is -2.08. The van der Waals surface area contributed by atoms with Gasteiger partial charge in [-0.1, -0.05) is 12.1 Å². The summed E-state index contributed by atoms with van der Waals surface area (Å²) in [6, 6.07) is 10.1. The molecular weight excluding hydrogens is 270 g/mol. The Morgan fingerprint density at radius 2 is 2.20 bits per heavy atom. The SMILES string of the molecule is CCOc1cccc(CNc2ncnc3sccc23)c1. The van der Waals surface area contributed by atoms with Crippen molar-refractivity contribution in [3.05, 3.63) is 47.6 Å². The molecular formula is C15H15N3OS. The summed E-state index contributed by atoms with van der Waals surface area (Å²) in [5, 5.41) is 6.46. The van der Waals surface area contributed by atoms with E-state index in [-0.39, 0.29) is 0 Å². The van der Waals surface area contributed by atoms with Crippen molar-refractivity contribution in [1.82, 2.24) is 9.97 Å². The molecule has 1 aromatic carbocycles. The van der Waals surface area contributed by atoms with E-state index in [1.165, 1.54) is 0 Å². The number of hydrogen-bond donors (Lipinski definition) is 1. The molecule has 3 rings (SSSR count). The molecule has 2 aromatic heterocycles. The Labute approximate surface area is 121 Å². The summed E-state index contributed by atoms with van der Waals surface area (Å²) in [5.74, 6) is 1.77. The van der Waals surface area contributed by atoms with Crippen LogP contribution in [-0.2, 0) is 6.54 Å². The second kappa shape index (κ2) is 5.88. The van der Waals surface area contributed by atoms with Crippen molar-refractivity contribution in [2.45, 2.75) is 13.5 Å². The van der Waals surface area contributed by atoms with Crippen molar-refractivity contribution in [2.24, 2.45) is 0 Å². The van der Waals surface area contributed by atoms with Gasteiger partial charge in [0, 0.05) is 6.54 Å². The quantitative estimate of drug-likeness (QED) is 0.776. The molecule has 0 unspecified atom stereocenters. The highest BCUT2D eigenvalue weighted by atomic mass is 32.1. The molecule has 0 saturated carbocycles. The van der Waals surface area contributed by atoms with Crippen LogP contribution in [0.4, 0.5) is 5.82 Å². The number of nitrogens with one attached hydrogen (secondary N) is 1. The molecule has 0 saturated heterocycles. The van der Waals surface area contributed by atoms with Gasteiger partial charge in [-0.05, 0) is 36.1 Å². The Hall–Kier alpha value is -2.14. The van der Waals surface area contributed by atoms with Gasteiger partial charge >= 0.3 is 0 Å². The first-order valence-corrected chi connectivity index (χ1v) is 7.38. The van der Waals surface area contributed by atoms with Crippen LogP contribution in [0.25, 0.3) is 10.2 Å². The molecule has 0 fully saturated rings. The second-order valence-electron chi connectivity index (χ2n) is 4.30. The van der Waals surface area contributed by atoms with E-state index >= 15 is 0 Å². The minimum atomic E-state index is 0.679. The Kier molecular flexibility index (Phi) is 3.78. The smallest absolute Gasteiger partial charge is 0.138 e. The number of benzene rings is 1. The Morgan fingerprint density at radius 3 is 3.10 bits per heavy atom. The minimum absolute atomic E-state index is 0.679. The van der Waals surface area contributed by atoms with Gasteiger partial charge in [0.05, 0.1) is 12.0 Å². The fourth-order valence-corrected chi connectivity index (χ4v) is 2.76. The van der Waals surface area contributed by atoms with Crippen molar-refractivity contribution < 1.29 is 4.74 Å². The van der Waals surface area contributed by atoms with Crippen LogP contribution in [0.1, 0.15) is 12.5 Å². The van der Waals surface area contributed by atoms with Gasteiger partial charge in [-0.3, -0.25) is 0 Å². The molecule has 5 heteroatoms. The molecule has 2 heterocycles. The van der Waals surface area contributed by atoms with Gasteiger partial charge in [0.1, 0.15) is 22.7 Å². The topological polar surface area (TPSA) is 47.0 Å². The van der Waals surface area contributed by atoms with Crippen LogP contribution in [0.3, 0.4) is 0 Å². The van der Waals surface area contributed by atoms with E-state index in [0.29, 0.717) is 13.2 Å². The zero-order valence-corrected chi connectivity index (χ0v) is 12.0. The average Bonchev–Trinajstić information content (AvgIpc) is 2.95. The summed E-state index contributed by atoms with van der Waals surface area (Å²) in [5.41, 5.74) is 1.16. The van der Waals surface area contributed by atoms with Crippen LogP contribution in [0.5, 0.6) is 5.75 Å². The number of rotatable bonds is 5. The van der Waals surface area contributed by atoms with E-state index in [2.05, 4.69) is 21.4 Å². The van der Waals surface area contributed by atoms with Crippen molar-refractivity contribution in [3.63, 3.8) is 0 Å². The van der Waals surface area contributed by atoms with Gasteiger partial charge in [-0.2, -0.15) is 0 Å². The monoisotopic (exact) mass is 285 g/mol. The molecule has 102 valence electrons. The molecule has 4 nitrogen and oxygen atoms in total. The largest absolute Gasteiger partial charge is 0.494 e. The highest BCUT2D eigenvalue weighted by Crippen LogP contribution is 2.24. The normalized spacial score (nSPS) is 10.7. The maximum absolute atomic E-state index is 5.50. The lowest BCUT2D eigenvalue weighted by Crippen LogP contribution is -2.02. The Bertz CT molecular complexity index is 711. The first-order chi connectivity index (χ1) is 9.86. The Morgan fingerprint density at radius 1 is 1.25 bits per heavy atom. The van der Waals surface area contributed by atoms with Crippen LogP contribution in [-0.4, -0.2) is 16.6 Å². The standard InChI is InChI=1S/C15H15N3OS/c1-2-19-12-5-3-4-11(8-12)9-16-14-13-6-7-20-15(13)18-10-17-14/h3-8,10H,2,9H2,1H3,(H,16,17,18). The van der Waals surface area contributed by atoms with Crippen LogP contribution in [0.15, 0.2) is 42.0 Å². The third kappa shape index (κ3) is 2.72. The van der Waals surface area contributed by atoms with E-state index in [9.17, 15) is 0 Å². The number of aromatic nitrogens is 2. The molecule has 0 radical (unpaired) electrons. The van der Waals surface area contributed by atoms with E-state index in [1.807, 2.05) is 36.6 Å². The fourth-order valence-electron chi connectivity index (χ4n) is 2.03. The number of fused-ring (bicyclic) bond motifs is 1. The summed E-state index contributed by atoms with van der Waals surface area (Å²) in [6.07, 6.45) is 1.60. The summed E-state index contributed by atoms with van der Waals surface area (Å²) in [4.78, 5) is 9.55. The van der Waals surface area contributed by atoms with Crippen molar-refractivity contribution in [1.29, 1.82) is 0 Å². The number of anilines is 1. The van der Waals surface area contributed by atoms with E-state index in [4.69, 9.17) is 4.74 Å². The van der Waals surface area contributed by atoms with Crippen LogP contribution < -0.4 is 10.1 Å². The zero-order chi connectivity index (χ0) is 13.8. The molecule has 0 atom stereocenters. The van der Waals surface area contributed by atoms with Crippen molar-refractivity contribution in [2.75, 3.05) is 11.9 Å². The average molecular weight is 285 g/mol. The van der Waals surface area contributed by atoms with E-state index < -0.39 is 0 Å². The first kappa shape index (κ1) is 12.9. The van der Waals surface area contributed by atoms with Crippen LogP contribution in [0.2, 0.25) is 0 Å². The van der Waals surface area contributed by atoms with Gasteiger partial charge in [0.25, 0.3) is 0 Å². The number of hydrogen-bond acceptors (Lipinski definition) is 5. The highest BCUT2D eigenvalue weighted by molar-refractivity contribution is 7.16. The number of nitrogens with zero attached hydrogens (tertiary/aromatic N) is 2. The molecule has 0 aliphatic carbocycles. The molecule has 3 aromatic rings. The molecule has 0 aliphatic rings. The van der Waals surface area contributed by atoms with Gasteiger partial charge in [0.2, 0.25) is 0 Å². The van der Waals surface area contributed by atoms with Gasteiger partial charge < -0.3 is 10.1 Å². The molecule has 0 amide bonds. The maximum atomic E-state index is 5.50. The molecule has 0 aliphatic heterocycles. The van der Waals surface area contributed by atoms with Gasteiger partial charge in [-0.25, -0.2) is 9.97 Å².